The molecular weight excluding hydrogens is 333 g/mol. The third kappa shape index (κ3) is 3.17. The summed E-state index contributed by atoms with van der Waals surface area (Å²) in [5.74, 6) is 0.0325. The normalized spacial score (nSPS) is 18.8. The lowest BCUT2D eigenvalue weighted by Gasteiger charge is -2.48. The molecule has 0 radical (unpaired) electrons. The number of nitrogens with zero attached hydrogens (tertiary/aromatic N) is 3. The van der Waals surface area contributed by atoms with Crippen LogP contribution in [-0.4, -0.2) is 54.0 Å². The summed E-state index contributed by atoms with van der Waals surface area (Å²) < 4.78 is 18.8. The Balaban J connectivity index is 1.33. The monoisotopic (exact) mass is 355 g/mol. The number of rotatable bonds is 4. The number of hydrogen-bond acceptors (Lipinski definition) is 4. The van der Waals surface area contributed by atoms with Crippen LogP contribution in [0.25, 0.3) is 0 Å². The number of pyridine rings is 1. The van der Waals surface area contributed by atoms with Crippen molar-refractivity contribution in [2.24, 2.45) is 5.41 Å². The highest BCUT2D eigenvalue weighted by Crippen LogP contribution is 2.40. The Labute approximate surface area is 152 Å². The zero-order valence-electron chi connectivity index (χ0n) is 14.8. The number of likely N-dealkylation sites (tertiary alicyclic amines) is 2. The number of amides is 1. The number of benzene rings is 1. The number of hydrogen-bond donors (Lipinski definition) is 0. The maximum atomic E-state index is 13.8. The van der Waals surface area contributed by atoms with Gasteiger partial charge in [0.2, 0.25) is 0 Å². The lowest BCUT2D eigenvalue weighted by Crippen LogP contribution is -2.57. The molecule has 1 amide bonds. The number of carbonyl (C=O) groups is 1. The Kier molecular flexibility index (Phi) is 4.36. The van der Waals surface area contributed by atoms with Crippen LogP contribution in [0.2, 0.25) is 0 Å². The molecule has 3 heterocycles. The van der Waals surface area contributed by atoms with E-state index in [0.717, 1.165) is 44.7 Å². The average molecular weight is 355 g/mol. The molecule has 6 heteroatoms. The van der Waals surface area contributed by atoms with Gasteiger partial charge in [-0.15, -0.1) is 0 Å². The zero-order valence-corrected chi connectivity index (χ0v) is 14.8. The van der Waals surface area contributed by atoms with Gasteiger partial charge in [-0.25, -0.2) is 4.39 Å². The molecule has 0 N–H and O–H groups in total. The molecule has 1 aromatic carbocycles. The van der Waals surface area contributed by atoms with E-state index < -0.39 is 0 Å². The third-order valence-corrected chi connectivity index (χ3v) is 5.39. The average Bonchev–Trinajstić information content (AvgIpc) is 3.07. The van der Waals surface area contributed by atoms with Gasteiger partial charge in [-0.05, 0) is 36.2 Å². The predicted molar refractivity (Wildman–Crippen MR) is 95.4 cm³/mol. The molecule has 0 saturated carbocycles. The Hall–Kier alpha value is -2.47. The van der Waals surface area contributed by atoms with Gasteiger partial charge < -0.3 is 9.64 Å². The summed E-state index contributed by atoms with van der Waals surface area (Å²) in [7, 11) is 1.47. The summed E-state index contributed by atoms with van der Waals surface area (Å²) in [4.78, 5) is 20.8. The van der Waals surface area contributed by atoms with Gasteiger partial charge in [-0.1, -0.05) is 6.07 Å². The van der Waals surface area contributed by atoms with Crippen LogP contribution in [0.5, 0.6) is 5.75 Å². The first-order valence-electron chi connectivity index (χ1n) is 8.83. The molecule has 0 unspecified atom stereocenters. The van der Waals surface area contributed by atoms with Gasteiger partial charge in [0.15, 0.2) is 11.6 Å². The van der Waals surface area contributed by atoms with Crippen molar-refractivity contribution in [1.82, 2.24) is 14.8 Å². The highest BCUT2D eigenvalue weighted by molar-refractivity contribution is 5.94. The summed E-state index contributed by atoms with van der Waals surface area (Å²) >= 11 is 0. The quantitative estimate of drug-likeness (QED) is 0.846. The number of ether oxygens (including phenoxy) is 1. The zero-order chi connectivity index (χ0) is 18.1. The second-order valence-electron chi connectivity index (χ2n) is 7.33. The van der Waals surface area contributed by atoms with E-state index >= 15 is 0 Å². The molecule has 26 heavy (non-hydrogen) atoms. The van der Waals surface area contributed by atoms with E-state index in [0.29, 0.717) is 5.56 Å². The van der Waals surface area contributed by atoms with Crippen LogP contribution in [0.15, 0.2) is 42.7 Å². The first-order valence-corrected chi connectivity index (χ1v) is 8.83. The number of carbonyl (C=O) groups excluding carboxylic acids is 1. The minimum atomic E-state index is -0.324. The molecule has 2 saturated heterocycles. The highest BCUT2D eigenvalue weighted by atomic mass is 19.1. The first kappa shape index (κ1) is 17.0. The number of methoxy groups -OCH3 is 1. The smallest absolute Gasteiger partial charge is 0.253 e. The summed E-state index contributed by atoms with van der Waals surface area (Å²) in [5, 5.41) is 0. The van der Waals surface area contributed by atoms with E-state index in [1.54, 1.807) is 30.6 Å². The largest absolute Gasteiger partial charge is 0.494 e. The number of halogens is 1. The van der Waals surface area contributed by atoms with Gasteiger partial charge in [0.1, 0.15) is 0 Å². The molecule has 2 aromatic rings. The SMILES string of the molecule is COc1ccc(CN2CC3(CCN(C(=O)c4ccncc4)C3)C2)cc1F. The van der Waals surface area contributed by atoms with E-state index in [1.807, 2.05) is 11.0 Å². The van der Waals surface area contributed by atoms with Crippen molar-refractivity contribution in [3.63, 3.8) is 0 Å². The summed E-state index contributed by atoms with van der Waals surface area (Å²) in [6.45, 7) is 4.20. The Morgan fingerprint density at radius 3 is 2.69 bits per heavy atom. The maximum absolute atomic E-state index is 13.8. The van der Waals surface area contributed by atoms with E-state index in [9.17, 15) is 9.18 Å². The van der Waals surface area contributed by atoms with Crippen molar-refractivity contribution in [1.29, 1.82) is 0 Å². The van der Waals surface area contributed by atoms with Crippen LogP contribution in [0, 0.1) is 11.2 Å². The molecular formula is C20H22FN3O2. The van der Waals surface area contributed by atoms with Crippen molar-refractivity contribution in [3.05, 3.63) is 59.7 Å². The van der Waals surface area contributed by atoms with Gasteiger partial charge in [0, 0.05) is 56.1 Å². The topological polar surface area (TPSA) is 45.7 Å². The molecule has 0 aliphatic carbocycles. The third-order valence-electron chi connectivity index (χ3n) is 5.39. The highest BCUT2D eigenvalue weighted by Gasteiger charge is 2.48. The summed E-state index contributed by atoms with van der Waals surface area (Å²) in [5.41, 5.74) is 1.83. The Morgan fingerprint density at radius 1 is 1.23 bits per heavy atom. The Morgan fingerprint density at radius 2 is 2.00 bits per heavy atom. The molecule has 2 aliphatic rings. The summed E-state index contributed by atoms with van der Waals surface area (Å²) in [6, 6.07) is 8.64. The van der Waals surface area contributed by atoms with Gasteiger partial charge in [-0.3, -0.25) is 14.7 Å². The lowest BCUT2D eigenvalue weighted by molar-refractivity contribution is 0.00254. The Bertz CT molecular complexity index is 806. The van der Waals surface area contributed by atoms with Gasteiger partial charge >= 0.3 is 0 Å². The minimum Gasteiger partial charge on any atom is -0.494 e. The first-order chi connectivity index (χ1) is 12.6. The molecule has 1 spiro atoms. The molecule has 136 valence electrons. The van der Waals surface area contributed by atoms with Crippen LogP contribution in [0.4, 0.5) is 4.39 Å². The standard InChI is InChI=1S/C20H22FN3O2/c1-26-18-3-2-15(10-17(18)21)11-23-12-20(13-23)6-9-24(14-20)19(25)16-4-7-22-8-5-16/h2-5,7-8,10H,6,9,11-14H2,1H3. The van der Waals surface area contributed by atoms with Crippen LogP contribution in [-0.2, 0) is 6.54 Å². The van der Waals surface area contributed by atoms with Gasteiger partial charge in [-0.2, -0.15) is 0 Å². The number of aromatic nitrogens is 1. The molecule has 4 rings (SSSR count). The van der Waals surface area contributed by atoms with Crippen LogP contribution >= 0.6 is 0 Å². The van der Waals surface area contributed by atoms with Crippen molar-refractivity contribution < 1.29 is 13.9 Å². The van der Waals surface area contributed by atoms with Crippen molar-refractivity contribution >= 4 is 5.91 Å². The van der Waals surface area contributed by atoms with Crippen LogP contribution in [0.1, 0.15) is 22.3 Å². The van der Waals surface area contributed by atoms with Crippen molar-refractivity contribution in [3.8, 4) is 5.75 Å². The maximum Gasteiger partial charge on any atom is 0.253 e. The van der Waals surface area contributed by atoms with E-state index in [1.165, 1.54) is 13.2 Å². The van der Waals surface area contributed by atoms with Crippen molar-refractivity contribution in [2.45, 2.75) is 13.0 Å². The van der Waals surface area contributed by atoms with Crippen molar-refractivity contribution in [2.75, 3.05) is 33.3 Å². The molecule has 0 atom stereocenters. The van der Waals surface area contributed by atoms with E-state index in [2.05, 4.69) is 9.88 Å². The molecule has 5 nitrogen and oxygen atoms in total. The van der Waals surface area contributed by atoms with Crippen LogP contribution in [0.3, 0.4) is 0 Å². The fourth-order valence-corrected chi connectivity index (χ4v) is 4.12. The predicted octanol–water partition coefficient (Wildman–Crippen LogP) is 2.58. The van der Waals surface area contributed by atoms with E-state index in [4.69, 9.17) is 4.74 Å². The lowest BCUT2D eigenvalue weighted by atomic mass is 9.79. The fraction of sp³-hybridized carbons (Fsp3) is 0.400. The minimum absolute atomic E-state index is 0.0833. The second-order valence-corrected chi connectivity index (χ2v) is 7.33. The van der Waals surface area contributed by atoms with E-state index in [-0.39, 0.29) is 22.9 Å². The summed E-state index contributed by atoms with van der Waals surface area (Å²) in [6.07, 6.45) is 4.33. The molecule has 2 fully saturated rings. The second kappa shape index (κ2) is 6.68. The molecule has 2 aliphatic heterocycles. The van der Waals surface area contributed by atoms with Crippen LogP contribution < -0.4 is 4.74 Å². The molecule has 1 aromatic heterocycles. The fourth-order valence-electron chi connectivity index (χ4n) is 4.12. The van der Waals surface area contributed by atoms with Gasteiger partial charge in [0.05, 0.1) is 7.11 Å². The van der Waals surface area contributed by atoms with Gasteiger partial charge in [0.25, 0.3) is 5.91 Å². The molecule has 0 bridgehead atoms.